The molecule has 0 bridgehead atoms. The summed E-state index contributed by atoms with van der Waals surface area (Å²) in [6.07, 6.45) is 5.05. The molecule has 152 valence electrons. The second kappa shape index (κ2) is 8.80. The van der Waals surface area contributed by atoms with E-state index in [9.17, 15) is 13.2 Å². The number of benzene rings is 1. The Morgan fingerprint density at radius 1 is 1.37 bits per heavy atom. The molecule has 0 radical (unpaired) electrons. The van der Waals surface area contributed by atoms with Crippen LogP contribution in [-0.4, -0.2) is 57.3 Å². The number of carbonyl (C=O) groups excluding carboxylic acids is 1. The van der Waals surface area contributed by atoms with Crippen LogP contribution in [0.3, 0.4) is 0 Å². The van der Waals surface area contributed by atoms with Gasteiger partial charge in [-0.3, -0.25) is 9.69 Å². The van der Waals surface area contributed by atoms with E-state index in [2.05, 4.69) is 17.1 Å². The fourth-order valence-corrected chi connectivity index (χ4v) is 4.59. The normalized spacial score (nSPS) is 22.0. The highest BCUT2D eigenvalue weighted by atomic mass is 35.5. The predicted molar refractivity (Wildman–Crippen MR) is 108 cm³/mol. The molecule has 1 N–H and O–H groups in total. The zero-order valence-electron chi connectivity index (χ0n) is 16.2. The van der Waals surface area contributed by atoms with Gasteiger partial charge in [0.15, 0.2) is 9.84 Å². The first-order valence-corrected chi connectivity index (χ1v) is 11.2. The maximum atomic E-state index is 12.8. The number of halogens is 1. The monoisotopic (exact) mass is 416 g/mol. The highest BCUT2D eigenvalue weighted by molar-refractivity contribution is 7.90. The van der Waals surface area contributed by atoms with Crippen molar-refractivity contribution in [2.24, 2.45) is 0 Å². The number of ether oxygens (including phenoxy) is 1. The van der Waals surface area contributed by atoms with Gasteiger partial charge >= 0.3 is 0 Å². The van der Waals surface area contributed by atoms with E-state index in [-0.39, 0.29) is 29.3 Å². The molecule has 1 aromatic rings. The third-order valence-corrected chi connectivity index (χ3v) is 6.24. The Kier molecular flexibility index (Phi) is 7.16. The molecule has 2 unspecified atom stereocenters. The topological polar surface area (TPSA) is 75.7 Å². The number of nitrogens with one attached hydrogen (secondary N) is 1. The Morgan fingerprint density at radius 3 is 2.78 bits per heavy atom. The van der Waals surface area contributed by atoms with E-state index < -0.39 is 9.84 Å². The van der Waals surface area contributed by atoms with Gasteiger partial charge in [0.2, 0.25) is 0 Å². The van der Waals surface area contributed by atoms with Crippen LogP contribution in [0.4, 0.5) is 0 Å². The quantitative estimate of drug-likeness (QED) is 0.770. The van der Waals surface area contributed by atoms with Crippen LogP contribution in [0.15, 0.2) is 17.0 Å². The lowest BCUT2D eigenvalue weighted by atomic mass is 10.1. The third kappa shape index (κ3) is 4.95. The summed E-state index contributed by atoms with van der Waals surface area (Å²) in [7, 11) is -3.39. The zero-order valence-corrected chi connectivity index (χ0v) is 17.8. The average molecular weight is 417 g/mol. The SMILES string of the molecule is CCCN1CCCC1CNC(=O)c1cc(S(C)(=O)=O)cc2c1OC(C)C2.Cl. The molecule has 2 aliphatic rings. The molecular formula is C19H29ClN2O4S. The molecule has 1 amide bonds. The van der Waals surface area contributed by atoms with E-state index in [1.165, 1.54) is 6.07 Å². The van der Waals surface area contributed by atoms with Crippen LogP contribution >= 0.6 is 12.4 Å². The standard InChI is InChI=1S/C19H28N2O4S.ClH/c1-4-7-21-8-5-6-15(21)12-20-19(22)17-11-16(26(3,23)24)10-14-9-13(2)25-18(14)17;/h10-11,13,15H,4-9,12H2,1-3H3,(H,20,22);1H. The number of hydrogen-bond donors (Lipinski definition) is 1. The summed E-state index contributed by atoms with van der Waals surface area (Å²) in [6.45, 7) is 6.77. The lowest BCUT2D eigenvalue weighted by Gasteiger charge is -2.24. The highest BCUT2D eigenvalue weighted by Crippen LogP contribution is 2.35. The summed E-state index contributed by atoms with van der Waals surface area (Å²) >= 11 is 0. The number of amides is 1. The Bertz CT molecular complexity index is 797. The fraction of sp³-hybridized carbons (Fsp3) is 0.632. The average Bonchev–Trinajstić information content (AvgIpc) is 3.16. The summed E-state index contributed by atoms with van der Waals surface area (Å²) in [5.41, 5.74) is 1.12. The molecule has 0 aliphatic carbocycles. The van der Waals surface area contributed by atoms with Gasteiger partial charge in [0, 0.05) is 25.3 Å². The van der Waals surface area contributed by atoms with Crippen LogP contribution in [0.2, 0.25) is 0 Å². The predicted octanol–water partition coefficient (Wildman–Crippen LogP) is 2.44. The lowest BCUT2D eigenvalue weighted by molar-refractivity contribution is 0.0936. The number of sulfone groups is 1. The van der Waals surface area contributed by atoms with Crippen LogP contribution in [0.1, 0.15) is 49.0 Å². The van der Waals surface area contributed by atoms with E-state index in [0.29, 0.717) is 30.3 Å². The summed E-state index contributed by atoms with van der Waals surface area (Å²) in [6, 6.07) is 3.43. The Labute approximate surface area is 168 Å². The van der Waals surface area contributed by atoms with Gasteiger partial charge in [-0.25, -0.2) is 8.42 Å². The number of nitrogens with zero attached hydrogens (tertiary/aromatic N) is 1. The molecule has 2 aliphatic heterocycles. The fourth-order valence-electron chi connectivity index (χ4n) is 3.90. The molecule has 1 saturated heterocycles. The van der Waals surface area contributed by atoms with Gasteiger partial charge in [0.05, 0.1) is 10.5 Å². The molecule has 0 aromatic heterocycles. The molecule has 2 heterocycles. The van der Waals surface area contributed by atoms with Crippen LogP contribution in [0.25, 0.3) is 0 Å². The molecule has 8 heteroatoms. The minimum atomic E-state index is -3.39. The van der Waals surface area contributed by atoms with Crippen molar-refractivity contribution in [3.8, 4) is 5.75 Å². The number of carbonyl (C=O) groups is 1. The number of rotatable bonds is 6. The first-order valence-electron chi connectivity index (χ1n) is 9.35. The van der Waals surface area contributed by atoms with Gasteiger partial charge in [-0.15, -0.1) is 12.4 Å². The summed E-state index contributed by atoms with van der Waals surface area (Å²) in [5, 5.41) is 3.00. The minimum absolute atomic E-state index is 0. The molecule has 3 rings (SSSR count). The van der Waals surface area contributed by atoms with Crippen LogP contribution in [0, 0.1) is 0 Å². The Morgan fingerprint density at radius 2 is 2.11 bits per heavy atom. The van der Waals surface area contributed by atoms with Crippen molar-refractivity contribution >= 4 is 28.2 Å². The van der Waals surface area contributed by atoms with Crippen molar-refractivity contribution in [2.75, 3.05) is 25.9 Å². The van der Waals surface area contributed by atoms with Gasteiger partial charge in [-0.1, -0.05) is 6.92 Å². The largest absolute Gasteiger partial charge is 0.489 e. The molecule has 6 nitrogen and oxygen atoms in total. The molecule has 27 heavy (non-hydrogen) atoms. The van der Waals surface area contributed by atoms with Crippen molar-refractivity contribution in [2.45, 2.75) is 56.6 Å². The molecule has 1 aromatic carbocycles. The second-order valence-electron chi connectivity index (χ2n) is 7.41. The number of hydrogen-bond acceptors (Lipinski definition) is 5. The summed E-state index contributed by atoms with van der Waals surface area (Å²) in [4.78, 5) is 15.4. The molecule has 1 fully saturated rings. The van der Waals surface area contributed by atoms with Crippen molar-refractivity contribution in [3.05, 3.63) is 23.3 Å². The van der Waals surface area contributed by atoms with Crippen molar-refractivity contribution in [1.82, 2.24) is 10.2 Å². The van der Waals surface area contributed by atoms with E-state index in [1.807, 2.05) is 6.92 Å². The first kappa shape index (κ1) is 22.0. The molecule has 0 spiro atoms. The van der Waals surface area contributed by atoms with Crippen LogP contribution < -0.4 is 10.1 Å². The molecule has 2 atom stereocenters. The maximum absolute atomic E-state index is 12.8. The summed E-state index contributed by atoms with van der Waals surface area (Å²) in [5.74, 6) is 0.267. The van der Waals surface area contributed by atoms with Gasteiger partial charge in [0.25, 0.3) is 5.91 Å². The molecule has 0 saturated carbocycles. The highest BCUT2D eigenvalue weighted by Gasteiger charge is 2.29. The van der Waals surface area contributed by atoms with Crippen LogP contribution in [0.5, 0.6) is 5.75 Å². The van der Waals surface area contributed by atoms with Crippen LogP contribution in [-0.2, 0) is 16.3 Å². The minimum Gasteiger partial charge on any atom is -0.489 e. The Balaban J connectivity index is 0.00000261. The number of likely N-dealkylation sites (tertiary alicyclic amines) is 1. The third-order valence-electron chi connectivity index (χ3n) is 5.15. The van der Waals surface area contributed by atoms with Gasteiger partial charge < -0.3 is 10.1 Å². The second-order valence-corrected chi connectivity index (χ2v) is 9.42. The summed E-state index contributed by atoms with van der Waals surface area (Å²) < 4.78 is 29.8. The Hall–Kier alpha value is -1.31. The van der Waals surface area contributed by atoms with E-state index in [0.717, 1.165) is 44.2 Å². The van der Waals surface area contributed by atoms with E-state index in [4.69, 9.17) is 4.74 Å². The zero-order chi connectivity index (χ0) is 18.9. The lowest BCUT2D eigenvalue weighted by Crippen LogP contribution is -2.40. The van der Waals surface area contributed by atoms with E-state index >= 15 is 0 Å². The first-order chi connectivity index (χ1) is 12.3. The van der Waals surface area contributed by atoms with Crippen molar-refractivity contribution < 1.29 is 17.9 Å². The maximum Gasteiger partial charge on any atom is 0.255 e. The van der Waals surface area contributed by atoms with Gasteiger partial charge in [-0.05, 0) is 57.0 Å². The van der Waals surface area contributed by atoms with Crippen molar-refractivity contribution in [3.63, 3.8) is 0 Å². The van der Waals surface area contributed by atoms with Crippen molar-refractivity contribution in [1.29, 1.82) is 0 Å². The molecular weight excluding hydrogens is 388 g/mol. The van der Waals surface area contributed by atoms with Gasteiger partial charge in [0.1, 0.15) is 11.9 Å². The number of fused-ring (bicyclic) bond motifs is 1. The van der Waals surface area contributed by atoms with E-state index in [1.54, 1.807) is 6.07 Å². The smallest absolute Gasteiger partial charge is 0.255 e. The van der Waals surface area contributed by atoms with Gasteiger partial charge in [-0.2, -0.15) is 0 Å².